The Bertz CT molecular complexity index is 587. The van der Waals surface area contributed by atoms with Gasteiger partial charge in [-0.15, -0.1) is 12.6 Å². The van der Waals surface area contributed by atoms with E-state index in [1.807, 2.05) is 24.3 Å². The average molecular weight is 329 g/mol. The summed E-state index contributed by atoms with van der Waals surface area (Å²) in [6.45, 7) is 2.85. The molecule has 0 saturated heterocycles. The topological polar surface area (TPSA) is 50.4 Å². The zero-order valence-electron chi connectivity index (χ0n) is 12.3. The number of halogens is 3. The van der Waals surface area contributed by atoms with Gasteiger partial charge in [-0.25, -0.2) is 0 Å². The summed E-state index contributed by atoms with van der Waals surface area (Å²) in [7, 11) is 0. The maximum absolute atomic E-state index is 12.4. The van der Waals surface area contributed by atoms with Gasteiger partial charge in [0.1, 0.15) is 5.71 Å². The minimum absolute atomic E-state index is 0.209. The molecule has 3 nitrogen and oxygen atoms in total. The third kappa shape index (κ3) is 5.57. The van der Waals surface area contributed by atoms with E-state index >= 15 is 0 Å². The van der Waals surface area contributed by atoms with Crippen LogP contribution in [-0.4, -0.2) is 11.9 Å². The molecule has 3 N–H and O–H groups in total. The first-order chi connectivity index (χ1) is 10.3. The lowest BCUT2D eigenvalue weighted by Crippen LogP contribution is -2.19. The van der Waals surface area contributed by atoms with Gasteiger partial charge in [-0.1, -0.05) is 24.3 Å². The van der Waals surface area contributed by atoms with E-state index in [-0.39, 0.29) is 5.70 Å². The first-order valence-electron chi connectivity index (χ1n) is 6.47. The molecule has 120 valence electrons. The van der Waals surface area contributed by atoms with Gasteiger partial charge in [-0.2, -0.15) is 13.2 Å². The Morgan fingerprint density at radius 1 is 1.27 bits per heavy atom. The van der Waals surface area contributed by atoms with Crippen molar-refractivity contribution >= 4 is 24.0 Å². The lowest BCUT2D eigenvalue weighted by molar-refractivity contribution is -0.0592. The zero-order chi connectivity index (χ0) is 16.8. The fraction of sp³-hybridized carbons (Fsp3) is 0.267. The van der Waals surface area contributed by atoms with E-state index in [9.17, 15) is 13.2 Å². The number of benzene rings is 1. The Morgan fingerprint density at radius 3 is 2.32 bits per heavy atom. The van der Waals surface area contributed by atoms with Crippen LogP contribution in [0.1, 0.15) is 25.0 Å². The van der Waals surface area contributed by atoms with Gasteiger partial charge in [0.2, 0.25) is 0 Å². The molecule has 0 unspecified atom stereocenters. The summed E-state index contributed by atoms with van der Waals surface area (Å²) < 4.78 is 37.2. The highest BCUT2D eigenvalue weighted by Gasteiger charge is 2.31. The standard InChI is InChI=1S/C15H18F3N3S/c1-10(21-11(2)15(16,17)18)8-20-14(9-22)13-5-3-12(7-19)4-6-13/h3-6,8-9,20,22H,7,19H2,1-2H3/b10-8-,14-9-,21-11?. The van der Waals surface area contributed by atoms with E-state index < -0.39 is 11.9 Å². The monoisotopic (exact) mass is 329 g/mol. The summed E-state index contributed by atoms with van der Waals surface area (Å²) in [6, 6.07) is 7.45. The molecule has 0 atom stereocenters. The highest BCUT2D eigenvalue weighted by Crippen LogP contribution is 2.18. The number of allylic oxidation sites excluding steroid dienone is 1. The van der Waals surface area contributed by atoms with E-state index in [0.717, 1.165) is 18.1 Å². The van der Waals surface area contributed by atoms with E-state index in [4.69, 9.17) is 5.73 Å². The normalized spacial score (nSPS) is 14.2. The van der Waals surface area contributed by atoms with E-state index in [1.165, 1.54) is 18.5 Å². The van der Waals surface area contributed by atoms with Gasteiger partial charge in [0.05, 0.1) is 11.4 Å². The van der Waals surface area contributed by atoms with Crippen molar-refractivity contribution in [1.29, 1.82) is 0 Å². The largest absolute Gasteiger partial charge is 0.429 e. The summed E-state index contributed by atoms with van der Waals surface area (Å²) in [5, 5.41) is 4.43. The first-order valence-corrected chi connectivity index (χ1v) is 6.99. The number of aliphatic imine (C=N–C) groups is 1. The molecule has 1 aromatic carbocycles. The molecule has 1 rings (SSSR count). The number of thiol groups is 1. The molecule has 0 spiro atoms. The van der Waals surface area contributed by atoms with Crippen molar-refractivity contribution in [2.75, 3.05) is 0 Å². The van der Waals surface area contributed by atoms with Crippen LogP contribution in [0.25, 0.3) is 5.70 Å². The van der Waals surface area contributed by atoms with Gasteiger partial charge >= 0.3 is 6.18 Å². The number of nitrogens with zero attached hydrogens (tertiary/aromatic N) is 1. The maximum atomic E-state index is 12.4. The number of hydrogen-bond donors (Lipinski definition) is 3. The van der Waals surface area contributed by atoms with Crippen LogP contribution in [0.3, 0.4) is 0 Å². The Morgan fingerprint density at radius 2 is 1.86 bits per heavy atom. The van der Waals surface area contributed by atoms with Crippen LogP contribution in [0.15, 0.2) is 46.6 Å². The Hall–Kier alpha value is -1.73. The number of alkyl halides is 3. The fourth-order valence-corrected chi connectivity index (χ4v) is 1.78. The van der Waals surface area contributed by atoms with E-state index in [2.05, 4.69) is 22.9 Å². The van der Waals surface area contributed by atoms with Gasteiger partial charge in [0.15, 0.2) is 0 Å². The second kappa shape index (κ2) is 8.05. The van der Waals surface area contributed by atoms with Gasteiger partial charge in [-0.05, 0) is 30.4 Å². The lowest BCUT2D eigenvalue weighted by Gasteiger charge is -2.09. The molecule has 0 radical (unpaired) electrons. The van der Waals surface area contributed by atoms with Crippen LogP contribution in [0, 0.1) is 0 Å². The summed E-state index contributed by atoms with van der Waals surface area (Å²) in [5.41, 5.74) is 7.31. The van der Waals surface area contributed by atoms with Crippen molar-refractivity contribution < 1.29 is 13.2 Å². The third-order valence-corrected chi connectivity index (χ3v) is 3.08. The molecular formula is C15H18F3N3S. The van der Waals surface area contributed by atoms with Crippen molar-refractivity contribution in [1.82, 2.24) is 5.32 Å². The molecule has 7 heteroatoms. The molecule has 22 heavy (non-hydrogen) atoms. The van der Waals surface area contributed by atoms with E-state index in [0.29, 0.717) is 12.2 Å². The fourth-order valence-electron chi connectivity index (χ4n) is 1.56. The molecule has 0 heterocycles. The summed E-state index contributed by atoms with van der Waals surface area (Å²) >= 11 is 4.10. The van der Waals surface area contributed by atoms with Gasteiger partial charge in [-0.3, -0.25) is 4.99 Å². The first kappa shape index (κ1) is 18.3. The predicted octanol–water partition coefficient (Wildman–Crippen LogP) is 3.85. The van der Waals surface area contributed by atoms with Crippen molar-refractivity contribution in [3.63, 3.8) is 0 Å². The molecule has 0 aliphatic carbocycles. The number of hydrogen-bond acceptors (Lipinski definition) is 4. The smallest absolute Gasteiger partial charge is 0.359 e. The molecule has 0 aromatic heterocycles. The number of nitrogens with one attached hydrogen (secondary N) is 1. The lowest BCUT2D eigenvalue weighted by atomic mass is 10.1. The predicted molar refractivity (Wildman–Crippen MR) is 87.4 cm³/mol. The highest BCUT2D eigenvalue weighted by molar-refractivity contribution is 7.83. The molecule has 0 aliphatic rings. The van der Waals surface area contributed by atoms with Crippen LogP contribution in [0.4, 0.5) is 13.2 Å². The Labute approximate surface area is 133 Å². The average Bonchev–Trinajstić information content (AvgIpc) is 2.47. The van der Waals surface area contributed by atoms with E-state index in [1.54, 1.807) is 0 Å². The Balaban J connectivity index is 2.85. The minimum Gasteiger partial charge on any atom is -0.359 e. The third-order valence-electron chi connectivity index (χ3n) is 2.82. The van der Waals surface area contributed by atoms with Crippen molar-refractivity contribution in [3.05, 3.63) is 52.7 Å². The molecule has 0 amide bonds. The highest BCUT2D eigenvalue weighted by atomic mass is 32.1. The molecule has 0 aliphatic heterocycles. The molecular weight excluding hydrogens is 311 g/mol. The summed E-state index contributed by atoms with van der Waals surface area (Å²) in [6.07, 6.45) is -3.02. The van der Waals surface area contributed by atoms with Crippen LogP contribution >= 0.6 is 12.6 Å². The number of rotatable bonds is 5. The summed E-state index contributed by atoms with van der Waals surface area (Å²) in [5.74, 6) is 0. The SMILES string of the molecule is CC(=N/C(C)=C\N/C(=C\S)c1ccc(CN)cc1)C(F)(F)F. The van der Waals surface area contributed by atoms with Gasteiger partial charge in [0.25, 0.3) is 0 Å². The molecule has 0 fully saturated rings. The van der Waals surface area contributed by atoms with Crippen LogP contribution < -0.4 is 11.1 Å². The van der Waals surface area contributed by atoms with Gasteiger partial charge in [0, 0.05) is 12.7 Å². The van der Waals surface area contributed by atoms with Crippen LogP contribution in [0.2, 0.25) is 0 Å². The molecule has 0 saturated carbocycles. The van der Waals surface area contributed by atoms with Crippen molar-refractivity contribution in [2.24, 2.45) is 10.7 Å². The molecule has 0 bridgehead atoms. The number of nitrogens with two attached hydrogens (primary N) is 1. The summed E-state index contributed by atoms with van der Waals surface area (Å²) in [4.78, 5) is 3.50. The van der Waals surface area contributed by atoms with Crippen LogP contribution in [0.5, 0.6) is 0 Å². The molecule has 1 aromatic rings. The van der Waals surface area contributed by atoms with Gasteiger partial charge < -0.3 is 11.1 Å². The zero-order valence-corrected chi connectivity index (χ0v) is 13.2. The Kier molecular flexibility index (Phi) is 6.70. The maximum Gasteiger partial charge on any atom is 0.429 e. The minimum atomic E-state index is -4.42. The van der Waals surface area contributed by atoms with Crippen molar-refractivity contribution in [3.8, 4) is 0 Å². The quantitative estimate of drug-likeness (QED) is 0.568. The van der Waals surface area contributed by atoms with Crippen molar-refractivity contribution in [2.45, 2.75) is 26.6 Å². The second-order valence-electron chi connectivity index (χ2n) is 4.57. The second-order valence-corrected chi connectivity index (χ2v) is 4.83. The van der Waals surface area contributed by atoms with Crippen LogP contribution in [-0.2, 0) is 6.54 Å².